The molecule has 1 aromatic heterocycles. The molecule has 0 spiro atoms. The zero-order valence-electron chi connectivity index (χ0n) is 11.2. The number of primary amides is 1. The molecule has 3 N–H and O–H groups in total. The number of carbonyl (C=O) groups is 1. The van der Waals surface area contributed by atoms with Crippen molar-refractivity contribution >= 4 is 22.9 Å². The highest BCUT2D eigenvalue weighted by Gasteiger charge is 2.10. The molecule has 106 valence electrons. The van der Waals surface area contributed by atoms with Crippen molar-refractivity contribution in [2.24, 2.45) is 5.73 Å². The summed E-state index contributed by atoms with van der Waals surface area (Å²) < 4.78 is 5.59. The Kier molecular flexibility index (Phi) is 4.95. The second kappa shape index (κ2) is 6.91. The third-order valence-corrected chi connectivity index (χ3v) is 3.70. The zero-order valence-corrected chi connectivity index (χ0v) is 12.0. The molecular weight excluding hydrogens is 274 g/mol. The molecule has 1 aromatic carbocycles. The minimum atomic E-state index is -0.367. The van der Waals surface area contributed by atoms with Gasteiger partial charge >= 0.3 is 0 Å². The quantitative estimate of drug-likeness (QED) is 0.822. The van der Waals surface area contributed by atoms with E-state index in [0.717, 1.165) is 10.6 Å². The summed E-state index contributed by atoms with van der Waals surface area (Å²) >= 11 is 1.60. The van der Waals surface area contributed by atoms with Gasteiger partial charge in [-0.2, -0.15) is 0 Å². The number of nitrogens with two attached hydrogens (primary N) is 1. The summed E-state index contributed by atoms with van der Waals surface area (Å²) in [6, 6.07) is 7.77. The molecule has 0 saturated carbocycles. The fourth-order valence-corrected chi connectivity index (χ4v) is 2.35. The van der Waals surface area contributed by atoms with E-state index in [1.54, 1.807) is 11.3 Å². The largest absolute Gasteiger partial charge is 0.491 e. The maximum absolute atomic E-state index is 10.7. The minimum Gasteiger partial charge on any atom is -0.491 e. The number of hydrogen-bond acceptors (Lipinski definition) is 5. The predicted molar refractivity (Wildman–Crippen MR) is 79.9 cm³/mol. The van der Waals surface area contributed by atoms with Gasteiger partial charge < -0.3 is 15.8 Å². The zero-order chi connectivity index (χ0) is 14.4. The Labute approximate surface area is 121 Å². The molecule has 2 aromatic rings. The number of rotatable bonds is 7. The van der Waals surface area contributed by atoms with E-state index in [0.29, 0.717) is 5.75 Å². The molecule has 1 atom stereocenters. The molecule has 2 rings (SSSR count). The molecule has 5 nitrogen and oxygen atoms in total. The number of ether oxygens (including phenoxy) is 1. The van der Waals surface area contributed by atoms with E-state index in [1.807, 2.05) is 36.0 Å². The highest BCUT2D eigenvalue weighted by molar-refractivity contribution is 7.09. The smallest absolute Gasteiger partial charge is 0.220 e. The van der Waals surface area contributed by atoms with Crippen LogP contribution >= 0.6 is 11.3 Å². The van der Waals surface area contributed by atoms with E-state index < -0.39 is 0 Å². The number of carbonyl (C=O) groups excluding carboxylic acids is 1. The Bertz CT molecular complexity index is 557. The highest BCUT2D eigenvalue weighted by Crippen LogP contribution is 2.29. The van der Waals surface area contributed by atoms with Crippen LogP contribution in [0.2, 0.25) is 0 Å². The molecule has 20 heavy (non-hydrogen) atoms. The first-order valence-electron chi connectivity index (χ1n) is 6.32. The van der Waals surface area contributed by atoms with Gasteiger partial charge in [-0.15, -0.1) is 11.3 Å². The molecule has 0 fully saturated rings. The minimum absolute atomic E-state index is 0.142. The fraction of sp³-hybridized carbons (Fsp3) is 0.286. The lowest BCUT2D eigenvalue weighted by Gasteiger charge is -2.17. The first-order valence-corrected chi connectivity index (χ1v) is 7.20. The number of nitrogens with one attached hydrogen (secondary N) is 1. The molecule has 6 heteroatoms. The molecule has 1 unspecified atom stereocenters. The monoisotopic (exact) mass is 291 g/mol. The number of nitrogens with zero attached hydrogens (tertiary/aromatic N) is 1. The van der Waals surface area contributed by atoms with Gasteiger partial charge in [0.2, 0.25) is 5.91 Å². The third kappa shape index (κ3) is 3.96. The van der Waals surface area contributed by atoms with Crippen LogP contribution in [-0.2, 0) is 4.79 Å². The summed E-state index contributed by atoms with van der Waals surface area (Å²) in [5.74, 6) is 0.346. The normalized spacial score (nSPS) is 11.8. The van der Waals surface area contributed by atoms with Crippen molar-refractivity contribution in [2.75, 3.05) is 11.9 Å². The first-order chi connectivity index (χ1) is 9.66. The van der Waals surface area contributed by atoms with Crippen molar-refractivity contribution in [2.45, 2.75) is 19.4 Å². The number of para-hydroxylation sites is 2. The average Bonchev–Trinajstić information content (AvgIpc) is 2.94. The summed E-state index contributed by atoms with van der Waals surface area (Å²) in [5, 5.41) is 3.38. The summed E-state index contributed by atoms with van der Waals surface area (Å²) in [4.78, 5) is 16.0. The molecule has 0 radical (unpaired) electrons. The standard InChI is InChI=1S/C14H17N3O2S/c1-10(13-8-16-9-20-13)17-11-4-2-3-5-12(11)19-7-6-14(15)18/h2-5,8-10,17H,6-7H2,1H3,(H2,15,18). The Morgan fingerprint density at radius 3 is 3.00 bits per heavy atom. The lowest BCUT2D eigenvalue weighted by Crippen LogP contribution is -2.15. The van der Waals surface area contributed by atoms with E-state index in [2.05, 4.69) is 17.2 Å². The number of amides is 1. The molecule has 1 amide bonds. The number of aromatic nitrogens is 1. The van der Waals surface area contributed by atoms with Gasteiger partial charge in [0.05, 0.1) is 30.3 Å². The molecule has 1 heterocycles. The van der Waals surface area contributed by atoms with Gasteiger partial charge in [0.25, 0.3) is 0 Å². The lowest BCUT2D eigenvalue weighted by atomic mass is 10.2. The van der Waals surface area contributed by atoms with Crippen molar-refractivity contribution in [1.82, 2.24) is 4.98 Å². The van der Waals surface area contributed by atoms with Gasteiger partial charge in [0.1, 0.15) is 5.75 Å². The van der Waals surface area contributed by atoms with Gasteiger partial charge in [-0.05, 0) is 19.1 Å². The van der Waals surface area contributed by atoms with E-state index in [-0.39, 0.29) is 25.0 Å². The number of benzene rings is 1. The van der Waals surface area contributed by atoms with E-state index in [1.165, 1.54) is 0 Å². The molecule has 0 saturated heterocycles. The maximum atomic E-state index is 10.7. The van der Waals surface area contributed by atoms with Gasteiger partial charge in [0.15, 0.2) is 0 Å². The predicted octanol–water partition coefficient (Wildman–Crippen LogP) is 2.57. The Balaban J connectivity index is 2.02. The Hall–Kier alpha value is -2.08. The Morgan fingerprint density at radius 2 is 2.30 bits per heavy atom. The fourth-order valence-electron chi connectivity index (χ4n) is 1.72. The van der Waals surface area contributed by atoms with Gasteiger partial charge in [0, 0.05) is 11.1 Å². The van der Waals surface area contributed by atoms with Gasteiger partial charge in [-0.3, -0.25) is 9.78 Å². The van der Waals surface area contributed by atoms with Crippen molar-refractivity contribution in [3.05, 3.63) is 40.8 Å². The van der Waals surface area contributed by atoms with E-state index in [4.69, 9.17) is 10.5 Å². The lowest BCUT2D eigenvalue weighted by molar-refractivity contribution is -0.118. The van der Waals surface area contributed by atoms with Crippen LogP contribution in [0.15, 0.2) is 36.0 Å². The van der Waals surface area contributed by atoms with Crippen LogP contribution in [0, 0.1) is 0 Å². The van der Waals surface area contributed by atoms with Crippen LogP contribution in [0.5, 0.6) is 5.75 Å². The Morgan fingerprint density at radius 1 is 1.50 bits per heavy atom. The summed E-state index contributed by atoms with van der Waals surface area (Å²) in [7, 11) is 0. The van der Waals surface area contributed by atoms with Crippen molar-refractivity contribution in [3.63, 3.8) is 0 Å². The molecular formula is C14H17N3O2S. The van der Waals surface area contributed by atoms with E-state index in [9.17, 15) is 4.79 Å². The summed E-state index contributed by atoms with van der Waals surface area (Å²) in [6.07, 6.45) is 2.05. The van der Waals surface area contributed by atoms with Crippen molar-refractivity contribution in [3.8, 4) is 5.75 Å². The van der Waals surface area contributed by atoms with Gasteiger partial charge in [-0.1, -0.05) is 12.1 Å². The third-order valence-electron chi connectivity index (χ3n) is 2.74. The van der Waals surface area contributed by atoms with Gasteiger partial charge in [-0.25, -0.2) is 0 Å². The molecule has 0 bridgehead atoms. The summed E-state index contributed by atoms with van der Waals surface area (Å²) in [5.41, 5.74) is 7.79. The average molecular weight is 291 g/mol. The first kappa shape index (κ1) is 14.3. The van der Waals surface area contributed by atoms with Crippen LogP contribution in [0.4, 0.5) is 5.69 Å². The van der Waals surface area contributed by atoms with E-state index >= 15 is 0 Å². The maximum Gasteiger partial charge on any atom is 0.220 e. The molecule has 0 aliphatic carbocycles. The molecule has 0 aliphatic heterocycles. The number of thiazole rings is 1. The topological polar surface area (TPSA) is 77.2 Å². The van der Waals surface area contributed by atoms with Crippen LogP contribution < -0.4 is 15.8 Å². The summed E-state index contributed by atoms with van der Waals surface area (Å²) in [6.45, 7) is 2.34. The van der Waals surface area contributed by atoms with Crippen LogP contribution in [0.1, 0.15) is 24.3 Å². The number of anilines is 1. The number of hydrogen-bond donors (Lipinski definition) is 2. The SMILES string of the molecule is CC(Nc1ccccc1OCCC(N)=O)c1cncs1. The van der Waals surface area contributed by atoms with Crippen LogP contribution in [-0.4, -0.2) is 17.5 Å². The second-order valence-electron chi connectivity index (χ2n) is 4.33. The second-order valence-corrected chi connectivity index (χ2v) is 5.25. The van der Waals surface area contributed by atoms with Crippen molar-refractivity contribution in [1.29, 1.82) is 0 Å². The van der Waals surface area contributed by atoms with Crippen LogP contribution in [0.3, 0.4) is 0 Å². The molecule has 0 aliphatic rings. The highest BCUT2D eigenvalue weighted by atomic mass is 32.1. The van der Waals surface area contributed by atoms with Crippen molar-refractivity contribution < 1.29 is 9.53 Å². The van der Waals surface area contributed by atoms with Crippen LogP contribution in [0.25, 0.3) is 0 Å².